The van der Waals surface area contributed by atoms with Crippen molar-refractivity contribution in [1.82, 2.24) is 14.9 Å². The second kappa shape index (κ2) is 9.60. The van der Waals surface area contributed by atoms with E-state index in [1.54, 1.807) is 23.6 Å². The number of primary sulfonamides is 1. The summed E-state index contributed by atoms with van der Waals surface area (Å²) in [6.45, 7) is -0.352. The molecule has 10 nitrogen and oxygen atoms in total. The number of nitrogens with one attached hydrogen (secondary N) is 1. The van der Waals surface area contributed by atoms with Crippen LogP contribution in [0.1, 0.15) is 5.56 Å². The van der Waals surface area contributed by atoms with Crippen LogP contribution in [-0.4, -0.2) is 42.1 Å². The summed E-state index contributed by atoms with van der Waals surface area (Å²) in [5.41, 5.74) is 0.762. The molecule has 0 aliphatic carbocycles. The van der Waals surface area contributed by atoms with Gasteiger partial charge in [-0.3, -0.25) is 14.2 Å². The number of carbonyl (C=O) groups excluding carboxylic acids is 2. The maximum absolute atomic E-state index is 12.5. The molecule has 3 N–H and O–H groups in total. The van der Waals surface area contributed by atoms with Gasteiger partial charge in [-0.2, -0.15) is 0 Å². The van der Waals surface area contributed by atoms with Gasteiger partial charge in [0.15, 0.2) is 5.16 Å². The van der Waals surface area contributed by atoms with Crippen LogP contribution in [0.2, 0.25) is 0 Å². The lowest BCUT2D eigenvalue weighted by Gasteiger charge is -2.12. The highest BCUT2D eigenvalue weighted by Crippen LogP contribution is 2.20. The number of rotatable bonds is 9. The van der Waals surface area contributed by atoms with Crippen molar-refractivity contribution in [3.05, 3.63) is 51.6 Å². The maximum atomic E-state index is 12.5. The summed E-state index contributed by atoms with van der Waals surface area (Å²) in [6, 6.07) is 7.66. The van der Waals surface area contributed by atoms with Gasteiger partial charge in [0.25, 0.3) is 5.56 Å². The molecule has 0 saturated heterocycles. The first-order valence-electron chi connectivity index (χ1n) is 8.84. The number of hydrogen-bond acceptors (Lipinski definition) is 9. The smallest absolute Gasteiger partial charge is 0.272 e. The van der Waals surface area contributed by atoms with Crippen LogP contribution >= 0.6 is 23.1 Å². The number of carbonyl (C=O) groups is 2. The Morgan fingerprint density at radius 3 is 2.58 bits per heavy atom. The first kappa shape index (κ1) is 22.9. The van der Waals surface area contributed by atoms with Crippen LogP contribution in [0.5, 0.6) is 0 Å². The molecule has 0 unspecified atom stereocenters. The molecule has 0 saturated carbocycles. The molecule has 0 aliphatic heterocycles. The minimum atomic E-state index is -3.75. The minimum absolute atomic E-state index is 0.00869. The average molecular weight is 482 g/mol. The largest absolute Gasteiger partial charge is 0.548 e. The Bertz CT molecular complexity index is 1280. The first-order chi connectivity index (χ1) is 14.6. The number of carboxylic acid groups (broad SMARTS) is 1. The maximum Gasteiger partial charge on any atom is 0.272 e. The minimum Gasteiger partial charge on any atom is -0.548 e. The highest BCUT2D eigenvalue weighted by molar-refractivity contribution is 7.99. The number of carboxylic acids is 1. The van der Waals surface area contributed by atoms with E-state index in [4.69, 9.17) is 5.14 Å². The highest BCUT2D eigenvalue weighted by atomic mass is 32.2. The third-order valence-electron chi connectivity index (χ3n) is 4.14. The third-order valence-corrected chi connectivity index (χ3v) is 6.94. The van der Waals surface area contributed by atoms with Crippen LogP contribution in [-0.2, 0) is 32.6 Å². The molecule has 0 bridgehead atoms. The normalized spacial score (nSPS) is 11.5. The van der Waals surface area contributed by atoms with Gasteiger partial charge >= 0.3 is 0 Å². The summed E-state index contributed by atoms with van der Waals surface area (Å²) >= 11 is 2.11. The predicted molar refractivity (Wildman–Crippen MR) is 114 cm³/mol. The molecule has 0 aliphatic rings. The van der Waals surface area contributed by atoms with Crippen molar-refractivity contribution in [3.63, 3.8) is 0 Å². The van der Waals surface area contributed by atoms with Crippen molar-refractivity contribution in [3.8, 4) is 0 Å². The van der Waals surface area contributed by atoms with Crippen molar-refractivity contribution in [2.24, 2.45) is 5.14 Å². The molecule has 31 heavy (non-hydrogen) atoms. The summed E-state index contributed by atoms with van der Waals surface area (Å²) in [7, 11) is -3.75. The molecule has 0 radical (unpaired) electrons. The zero-order valence-electron chi connectivity index (χ0n) is 15.9. The fourth-order valence-corrected chi connectivity index (χ4v) is 4.80. The molecule has 0 spiro atoms. The average Bonchev–Trinajstić information content (AvgIpc) is 3.17. The van der Waals surface area contributed by atoms with Gasteiger partial charge < -0.3 is 15.2 Å². The SMILES string of the molecule is NS(=O)(=O)c1ccc(CCNC(=O)CSc2nc3ccsc3c(=O)n2CC(=O)[O-])cc1. The molecular formula is C18H17N4O6S3-. The van der Waals surface area contributed by atoms with Crippen molar-refractivity contribution in [2.45, 2.75) is 23.0 Å². The van der Waals surface area contributed by atoms with Crippen LogP contribution < -0.4 is 21.1 Å². The number of nitrogens with two attached hydrogens (primary N) is 1. The van der Waals surface area contributed by atoms with E-state index in [1.807, 2.05) is 0 Å². The summed E-state index contributed by atoms with van der Waals surface area (Å²) < 4.78 is 23.8. The van der Waals surface area contributed by atoms with Crippen LogP contribution in [0.15, 0.2) is 50.6 Å². The molecule has 0 atom stereocenters. The van der Waals surface area contributed by atoms with E-state index in [0.717, 1.165) is 33.2 Å². The molecule has 2 aromatic heterocycles. The molecule has 164 valence electrons. The number of thiophene rings is 1. The Kier molecular flexibility index (Phi) is 7.10. The molecule has 3 aromatic rings. The summed E-state index contributed by atoms with van der Waals surface area (Å²) in [5, 5.41) is 20.6. The van der Waals surface area contributed by atoms with Crippen LogP contribution in [0, 0.1) is 0 Å². The molecule has 0 fully saturated rings. The molecule has 13 heteroatoms. The predicted octanol–water partition coefficient (Wildman–Crippen LogP) is -0.694. The lowest BCUT2D eigenvalue weighted by Crippen LogP contribution is -2.34. The van der Waals surface area contributed by atoms with Gasteiger partial charge in [0.2, 0.25) is 15.9 Å². The van der Waals surface area contributed by atoms with Gasteiger partial charge in [-0.05, 0) is 35.6 Å². The topological polar surface area (TPSA) is 164 Å². The molecule has 3 rings (SSSR count). The number of benzene rings is 1. The second-order valence-corrected chi connectivity index (χ2v) is 9.79. The van der Waals surface area contributed by atoms with Gasteiger partial charge in [-0.15, -0.1) is 11.3 Å². The van der Waals surface area contributed by atoms with Crippen LogP contribution in [0.4, 0.5) is 0 Å². The van der Waals surface area contributed by atoms with Crippen molar-refractivity contribution in [1.29, 1.82) is 0 Å². The number of amides is 1. The van der Waals surface area contributed by atoms with E-state index in [-0.39, 0.29) is 21.7 Å². The standard InChI is InChI=1S/C18H18N4O6S3/c19-31(27,28)12-3-1-11(2-4-12)5-7-20-14(23)10-30-18-21-13-6-8-29-16(13)17(26)22(18)9-15(24)25/h1-4,6,8H,5,7,9-10H2,(H,20,23)(H,24,25)(H2,19,27,28)/p-1. The number of fused-ring (bicyclic) bond motifs is 1. The van der Waals surface area contributed by atoms with Gasteiger partial charge in [0.1, 0.15) is 4.70 Å². The zero-order chi connectivity index (χ0) is 22.6. The van der Waals surface area contributed by atoms with Crippen LogP contribution in [0.3, 0.4) is 0 Å². The Labute approximate surface area is 185 Å². The third kappa shape index (κ3) is 5.91. The van der Waals surface area contributed by atoms with E-state index in [2.05, 4.69) is 10.3 Å². The van der Waals surface area contributed by atoms with Crippen molar-refractivity contribution < 1.29 is 23.1 Å². The Hall–Kier alpha value is -2.74. The zero-order valence-corrected chi connectivity index (χ0v) is 18.4. The van der Waals surface area contributed by atoms with Gasteiger partial charge in [-0.25, -0.2) is 18.5 Å². The van der Waals surface area contributed by atoms with E-state index < -0.39 is 28.1 Å². The second-order valence-electron chi connectivity index (χ2n) is 6.37. The summed E-state index contributed by atoms with van der Waals surface area (Å²) in [6.07, 6.45) is 0.468. The number of nitrogens with zero attached hydrogens (tertiary/aromatic N) is 2. The Morgan fingerprint density at radius 1 is 1.23 bits per heavy atom. The van der Waals surface area contributed by atoms with E-state index in [1.165, 1.54) is 12.1 Å². The fourth-order valence-electron chi connectivity index (χ4n) is 2.68. The molecule has 2 heterocycles. The Balaban J connectivity index is 1.59. The number of thioether (sulfide) groups is 1. The van der Waals surface area contributed by atoms with Crippen molar-refractivity contribution >= 4 is 55.2 Å². The number of hydrogen-bond donors (Lipinski definition) is 2. The van der Waals surface area contributed by atoms with Crippen molar-refractivity contribution in [2.75, 3.05) is 12.3 Å². The van der Waals surface area contributed by atoms with E-state index in [0.29, 0.717) is 23.2 Å². The summed E-state index contributed by atoms with van der Waals surface area (Å²) in [4.78, 5) is 39.9. The first-order valence-corrected chi connectivity index (χ1v) is 12.3. The van der Waals surface area contributed by atoms with Gasteiger partial charge in [0.05, 0.1) is 28.7 Å². The highest BCUT2D eigenvalue weighted by Gasteiger charge is 2.14. The van der Waals surface area contributed by atoms with Gasteiger partial charge in [0, 0.05) is 6.54 Å². The molecule has 1 aromatic carbocycles. The van der Waals surface area contributed by atoms with E-state index in [9.17, 15) is 27.9 Å². The quantitative estimate of drug-likeness (QED) is 0.299. The lowest BCUT2D eigenvalue weighted by atomic mass is 10.1. The monoisotopic (exact) mass is 481 g/mol. The Morgan fingerprint density at radius 2 is 1.94 bits per heavy atom. The van der Waals surface area contributed by atoms with Crippen LogP contribution in [0.25, 0.3) is 10.2 Å². The fraction of sp³-hybridized carbons (Fsp3) is 0.222. The number of aromatic nitrogens is 2. The number of sulfonamides is 1. The van der Waals surface area contributed by atoms with E-state index >= 15 is 0 Å². The van der Waals surface area contributed by atoms with Gasteiger partial charge in [-0.1, -0.05) is 23.9 Å². The molecular weight excluding hydrogens is 464 g/mol. The molecule has 1 amide bonds. The lowest BCUT2D eigenvalue weighted by molar-refractivity contribution is -0.306. The number of aliphatic carboxylic acids is 1. The summed E-state index contributed by atoms with van der Waals surface area (Å²) in [5.74, 6) is -1.83.